The van der Waals surface area contributed by atoms with Gasteiger partial charge in [-0.1, -0.05) is 19.1 Å². The number of nitrogens with two attached hydrogens (primary N) is 1. The molecule has 0 unspecified atom stereocenters. The predicted molar refractivity (Wildman–Crippen MR) is 88.7 cm³/mol. The van der Waals surface area contributed by atoms with Gasteiger partial charge in [0.25, 0.3) is 5.82 Å². The van der Waals surface area contributed by atoms with Gasteiger partial charge in [-0.05, 0) is 24.8 Å². The number of aryl methyl sites for hydroxylation is 1. The zero-order chi connectivity index (χ0) is 16.1. The Morgan fingerprint density at radius 1 is 1.35 bits per heavy atom. The summed E-state index contributed by atoms with van der Waals surface area (Å²) in [5.74, 6) is 1.52. The summed E-state index contributed by atoms with van der Waals surface area (Å²) in [6, 6.07) is 5.67. The average Bonchev–Trinajstić information content (AvgIpc) is 2.54. The molecule has 0 fully saturated rings. The minimum atomic E-state index is -0.424. The van der Waals surface area contributed by atoms with Crippen LogP contribution in [-0.4, -0.2) is 7.11 Å². The van der Waals surface area contributed by atoms with E-state index >= 15 is 0 Å². The number of ether oxygens (including phenoxy) is 1. The maximum absolute atomic E-state index is 12.5. The van der Waals surface area contributed by atoms with Crippen LogP contribution in [0.15, 0.2) is 27.4 Å². The Morgan fingerprint density at radius 3 is 2.96 bits per heavy atom. The van der Waals surface area contributed by atoms with Crippen molar-refractivity contribution in [3.8, 4) is 5.75 Å². The molecule has 0 saturated carbocycles. The molecule has 3 aromatic rings. The molecule has 2 aromatic heterocycles. The quantitative estimate of drug-likeness (QED) is 0.553. The second-order valence-electron chi connectivity index (χ2n) is 6.32. The van der Waals surface area contributed by atoms with Crippen LogP contribution < -0.4 is 21.1 Å². The van der Waals surface area contributed by atoms with Crippen LogP contribution in [-0.2, 0) is 12.8 Å². The van der Waals surface area contributed by atoms with Crippen LogP contribution in [0.3, 0.4) is 0 Å². The normalized spacial score (nSPS) is 17.4. The summed E-state index contributed by atoms with van der Waals surface area (Å²) in [7, 11) is 1.57. The molecular weight excluding hydrogens is 292 g/mol. The first-order valence-electron chi connectivity index (χ1n) is 7.86. The molecule has 0 saturated heterocycles. The minimum absolute atomic E-state index is 0.381. The standard InChI is InChI=1S/C18H18N2O3/c1-9-6-7-12-11(8-9)14-10-4-3-5-13(22-2)16(10)23-18(21)15(14)17(19)20-12/h3-5,9H,6-8H2,1-2H3,(H2,19,20)/p+1/t9-/m1/s1. The molecular formula is C18H19N2O3+. The largest absolute Gasteiger partial charge is 0.493 e. The summed E-state index contributed by atoms with van der Waals surface area (Å²) in [6.07, 6.45) is 3.00. The molecule has 1 atom stereocenters. The van der Waals surface area contributed by atoms with E-state index < -0.39 is 5.63 Å². The van der Waals surface area contributed by atoms with Crippen LogP contribution in [0.2, 0.25) is 0 Å². The number of fused-ring (bicyclic) bond motifs is 5. The molecule has 0 spiro atoms. The monoisotopic (exact) mass is 311 g/mol. The number of para-hydroxylation sites is 1. The van der Waals surface area contributed by atoms with Gasteiger partial charge in [-0.25, -0.2) is 9.78 Å². The maximum atomic E-state index is 12.5. The van der Waals surface area contributed by atoms with Gasteiger partial charge in [-0.2, -0.15) is 0 Å². The lowest BCUT2D eigenvalue weighted by Gasteiger charge is -2.21. The number of nitrogen functional groups attached to an aromatic ring is 1. The molecule has 23 heavy (non-hydrogen) atoms. The van der Waals surface area contributed by atoms with Crippen LogP contribution >= 0.6 is 0 Å². The van der Waals surface area contributed by atoms with Crippen molar-refractivity contribution in [1.29, 1.82) is 0 Å². The molecule has 3 N–H and O–H groups in total. The molecule has 0 radical (unpaired) electrons. The van der Waals surface area contributed by atoms with E-state index in [9.17, 15) is 4.79 Å². The number of benzene rings is 1. The van der Waals surface area contributed by atoms with Gasteiger partial charge in [0.2, 0.25) is 0 Å². The third kappa shape index (κ3) is 2.00. The Bertz CT molecular complexity index is 991. The molecule has 0 bridgehead atoms. The number of aromatic amines is 1. The number of aromatic nitrogens is 1. The molecule has 4 rings (SSSR count). The fraction of sp³-hybridized carbons (Fsp3) is 0.333. The highest BCUT2D eigenvalue weighted by Crippen LogP contribution is 2.36. The minimum Gasteiger partial charge on any atom is -0.493 e. The van der Waals surface area contributed by atoms with E-state index in [0.717, 1.165) is 35.7 Å². The van der Waals surface area contributed by atoms with Gasteiger partial charge in [0.05, 0.1) is 7.11 Å². The van der Waals surface area contributed by atoms with Crippen LogP contribution in [0.5, 0.6) is 5.75 Å². The van der Waals surface area contributed by atoms with Crippen molar-refractivity contribution in [3.05, 3.63) is 39.9 Å². The van der Waals surface area contributed by atoms with E-state index in [0.29, 0.717) is 28.5 Å². The first-order valence-corrected chi connectivity index (χ1v) is 7.86. The molecule has 118 valence electrons. The SMILES string of the molecule is COc1cccc2c1oc(=O)c1c(N)[nH+]c3c(c12)C[C@H](C)CC3. The number of rotatable bonds is 1. The lowest BCUT2D eigenvalue weighted by molar-refractivity contribution is -0.373. The Morgan fingerprint density at radius 2 is 2.17 bits per heavy atom. The summed E-state index contributed by atoms with van der Waals surface area (Å²) in [4.78, 5) is 15.7. The highest BCUT2D eigenvalue weighted by molar-refractivity contribution is 6.10. The van der Waals surface area contributed by atoms with Gasteiger partial charge in [0, 0.05) is 22.8 Å². The van der Waals surface area contributed by atoms with E-state index in [2.05, 4.69) is 11.9 Å². The first-order chi connectivity index (χ1) is 11.1. The fourth-order valence-electron chi connectivity index (χ4n) is 3.65. The number of anilines is 1. The lowest BCUT2D eigenvalue weighted by atomic mass is 9.84. The van der Waals surface area contributed by atoms with Crippen molar-refractivity contribution < 1.29 is 14.1 Å². The zero-order valence-electron chi connectivity index (χ0n) is 13.2. The molecule has 1 aliphatic rings. The molecule has 5 heteroatoms. The van der Waals surface area contributed by atoms with Crippen molar-refractivity contribution in [1.82, 2.24) is 0 Å². The summed E-state index contributed by atoms with van der Waals surface area (Å²) >= 11 is 0. The summed E-state index contributed by atoms with van der Waals surface area (Å²) in [5.41, 5.74) is 8.50. The molecule has 0 aliphatic heterocycles. The summed E-state index contributed by atoms with van der Waals surface area (Å²) < 4.78 is 10.9. The smallest absolute Gasteiger partial charge is 0.352 e. The Hall–Kier alpha value is -2.56. The van der Waals surface area contributed by atoms with Crippen LogP contribution in [0.1, 0.15) is 24.6 Å². The van der Waals surface area contributed by atoms with Gasteiger partial charge >= 0.3 is 5.63 Å². The number of methoxy groups -OCH3 is 1. The summed E-state index contributed by atoms with van der Waals surface area (Å²) in [6.45, 7) is 2.24. The van der Waals surface area contributed by atoms with E-state index in [1.165, 1.54) is 5.56 Å². The third-order valence-corrected chi connectivity index (χ3v) is 4.78. The number of pyridine rings is 1. The van der Waals surface area contributed by atoms with E-state index in [1.54, 1.807) is 13.2 Å². The topological polar surface area (TPSA) is 79.6 Å². The highest BCUT2D eigenvalue weighted by Gasteiger charge is 2.26. The Labute approximate surface area is 133 Å². The van der Waals surface area contributed by atoms with Crippen LogP contribution in [0, 0.1) is 5.92 Å². The average molecular weight is 311 g/mol. The Balaban J connectivity index is 2.25. The second-order valence-corrected chi connectivity index (χ2v) is 6.32. The maximum Gasteiger partial charge on any atom is 0.352 e. The highest BCUT2D eigenvalue weighted by atomic mass is 16.5. The van der Waals surface area contributed by atoms with Gasteiger partial charge in [-0.3, -0.25) is 5.73 Å². The number of H-pyrrole nitrogens is 1. The van der Waals surface area contributed by atoms with Gasteiger partial charge < -0.3 is 9.15 Å². The molecule has 1 aromatic carbocycles. The van der Waals surface area contributed by atoms with Crippen molar-refractivity contribution in [2.45, 2.75) is 26.2 Å². The van der Waals surface area contributed by atoms with E-state index in [-0.39, 0.29) is 0 Å². The van der Waals surface area contributed by atoms with Crippen LogP contribution in [0.25, 0.3) is 21.7 Å². The molecule has 2 heterocycles. The Kier molecular flexibility index (Phi) is 3.04. The molecule has 0 amide bonds. The van der Waals surface area contributed by atoms with Crippen molar-refractivity contribution >= 4 is 27.6 Å². The van der Waals surface area contributed by atoms with E-state index in [4.69, 9.17) is 14.9 Å². The zero-order valence-corrected chi connectivity index (χ0v) is 13.2. The van der Waals surface area contributed by atoms with Gasteiger partial charge in [0.1, 0.15) is 5.69 Å². The van der Waals surface area contributed by atoms with Gasteiger partial charge in [-0.15, -0.1) is 0 Å². The van der Waals surface area contributed by atoms with Crippen LogP contribution in [0.4, 0.5) is 5.82 Å². The molecule has 1 aliphatic carbocycles. The van der Waals surface area contributed by atoms with Crippen molar-refractivity contribution in [2.24, 2.45) is 5.92 Å². The second kappa shape index (κ2) is 4.98. The fourth-order valence-corrected chi connectivity index (χ4v) is 3.65. The molecule has 5 nitrogen and oxygen atoms in total. The summed E-state index contributed by atoms with van der Waals surface area (Å²) in [5, 5.41) is 2.23. The predicted octanol–water partition coefficient (Wildman–Crippen LogP) is 2.48. The number of hydrogen-bond acceptors (Lipinski definition) is 4. The van der Waals surface area contributed by atoms with Crippen molar-refractivity contribution in [2.75, 3.05) is 12.8 Å². The first kappa shape index (κ1) is 14.1. The van der Waals surface area contributed by atoms with E-state index in [1.807, 2.05) is 12.1 Å². The number of hydrogen-bond donors (Lipinski definition) is 1. The number of nitrogens with one attached hydrogen (secondary N) is 1. The van der Waals surface area contributed by atoms with Crippen molar-refractivity contribution in [3.63, 3.8) is 0 Å². The third-order valence-electron chi connectivity index (χ3n) is 4.78. The lowest BCUT2D eigenvalue weighted by Crippen LogP contribution is -2.27. The van der Waals surface area contributed by atoms with Gasteiger partial charge in [0.15, 0.2) is 16.7 Å².